The molecule has 3 rings (SSSR count). The maximum atomic E-state index is 12.0. The minimum Gasteiger partial charge on any atom is -0.369 e. The van der Waals surface area contributed by atoms with Gasteiger partial charge in [0, 0.05) is 31.9 Å². The van der Waals surface area contributed by atoms with Crippen molar-refractivity contribution in [1.29, 1.82) is 5.26 Å². The molecule has 1 aliphatic rings. The summed E-state index contributed by atoms with van der Waals surface area (Å²) in [5.41, 5.74) is 8.04. The molecular weight excluding hydrogens is 336 g/mol. The van der Waals surface area contributed by atoms with Crippen LogP contribution in [0.2, 0.25) is 5.02 Å². The van der Waals surface area contributed by atoms with E-state index in [-0.39, 0.29) is 5.91 Å². The molecule has 1 saturated heterocycles. The van der Waals surface area contributed by atoms with E-state index in [2.05, 4.69) is 15.9 Å². The summed E-state index contributed by atoms with van der Waals surface area (Å²) in [5.74, 6) is -0.332. The molecule has 1 unspecified atom stereocenters. The fourth-order valence-electron chi connectivity index (χ4n) is 3.22. The Morgan fingerprint density at radius 2 is 1.80 bits per heavy atom. The molecule has 5 nitrogen and oxygen atoms in total. The molecule has 6 heteroatoms. The number of rotatable bonds is 4. The highest BCUT2D eigenvalue weighted by atomic mass is 35.5. The number of primary amides is 1. The van der Waals surface area contributed by atoms with Gasteiger partial charge in [0.1, 0.15) is 12.1 Å². The van der Waals surface area contributed by atoms with Crippen molar-refractivity contribution >= 4 is 23.2 Å². The Hall–Kier alpha value is -2.55. The van der Waals surface area contributed by atoms with Crippen molar-refractivity contribution in [2.24, 2.45) is 5.73 Å². The van der Waals surface area contributed by atoms with Crippen LogP contribution in [0.15, 0.2) is 48.5 Å². The quantitative estimate of drug-likeness (QED) is 0.915. The second-order valence-electron chi connectivity index (χ2n) is 6.01. The Morgan fingerprint density at radius 1 is 1.12 bits per heavy atom. The third-order valence-corrected chi connectivity index (χ3v) is 4.82. The summed E-state index contributed by atoms with van der Waals surface area (Å²) >= 11 is 6.13. The molecule has 2 aromatic rings. The molecule has 0 aliphatic carbocycles. The molecule has 0 radical (unpaired) electrons. The van der Waals surface area contributed by atoms with Crippen LogP contribution < -0.4 is 10.6 Å². The lowest BCUT2D eigenvalue weighted by atomic mass is 10.0. The zero-order chi connectivity index (χ0) is 17.8. The number of nitrogens with two attached hydrogens (primary N) is 1. The molecule has 0 bridgehead atoms. The van der Waals surface area contributed by atoms with Crippen LogP contribution in [0.1, 0.15) is 17.2 Å². The molecule has 0 aromatic heterocycles. The monoisotopic (exact) mass is 354 g/mol. The molecule has 128 valence electrons. The van der Waals surface area contributed by atoms with Crippen LogP contribution in [-0.4, -0.2) is 37.0 Å². The maximum absolute atomic E-state index is 12.0. The first-order valence-electron chi connectivity index (χ1n) is 8.13. The standard InChI is InChI=1S/C19H19ClN4O/c20-17-12-16(7-6-15(17)13-21)23-8-10-24(11-9-23)18(19(22)25)14-4-2-1-3-5-14/h1-7,12,18H,8-11H2,(H2,22,25). The van der Waals surface area contributed by atoms with Gasteiger partial charge in [0.15, 0.2) is 0 Å². The molecule has 1 amide bonds. The molecule has 1 atom stereocenters. The SMILES string of the molecule is N#Cc1ccc(N2CCN(C(C(N)=O)c3ccccc3)CC2)cc1Cl. The fraction of sp³-hybridized carbons (Fsp3) is 0.263. The van der Waals surface area contributed by atoms with E-state index in [9.17, 15) is 4.79 Å². The Labute approximate surface area is 152 Å². The first kappa shape index (κ1) is 17.3. The van der Waals surface area contributed by atoms with Crippen molar-refractivity contribution in [3.8, 4) is 6.07 Å². The number of nitrogens with zero attached hydrogens (tertiary/aromatic N) is 3. The van der Waals surface area contributed by atoms with Gasteiger partial charge < -0.3 is 10.6 Å². The number of carbonyl (C=O) groups is 1. The molecule has 25 heavy (non-hydrogen) atoms. The van der Waals surface area contributed by atoms with E-state index in [0.29, 0.717) is 10.6 Å². The lowest BCUT2D eigenvalue weighted by Gasteiger charge is -2.39. The number of carbonyl (C=O) groups excluding carboxylic acids is 1. The number of anilines is 1. The van der Waals surface area contributed by atoms with Crippen LogP contribution in [0.3, 0.4) is 0 Å². The number of hydrogen-bond donors (Lipinski definition) is 1. The van der Waals surface area contributed by atoms with Crippen LogP contribution in [-0.2, 0) is 4.79 Å². The average Bonchev–Trinajstić information content (AvgIpc) is 2.63. The first-order valence-corrected chi connectivity index (χ1v) is 8.51. The Kier molecular flexibility index (Phi) is 5.22. The summed E-state index contributed by atoms with van der Waals surface area (Å²) in [4.78, 5) is 16.3. The van der Waals surface area contributed by atoms with Crippen LogP contribution in [0, 0.1) is 11.3 Å². The van der Waals surface area contributed by atoms with E-state index in [1.54, 1.807) is 6.07 Å². The van der Waals surface area contributed by atoms with Gasteiger partial charge in [0.25, 0.3) is 0 Å². The number of piperazine rings is 1. The van der Waals surface area contributed by atoms with Gasteiger partial charge in [0.2, 0.25) is 5.91 Å². The van der Waals surface area contributed by atoms with E-state index in [4.69, 9.17) is 22.6 Å². The van der Waals surface area contributed by atoms with Crippen LogP contribution in [0.25, 0.3) is 0 Å². The molecule has 1 fully saturated rings. The third-order valence-electron chi connectivity index (χ3n) is 4.50. The lowest BCUT2D eigenvalue weighted by Crippen LogP contribution is -2.50. The summed E-state index contributed by atoms with van der Waals surface area (Å²) in [7, 11) is 0. The predicted octanol–water partition coefficient (Wildman–Crippen LogP) is 2.56. The Morgan fingerprint density at radius 3 is 2.36 bits per heavy atom. The lowest BCUT2D eigenvalue weighted by molar-refractivity contribution is -0.123. The highest BCUT2D eigenvalue weighted by Crippen LogP contribution is 2.27. The molecular formula is C19H19ClN4O. The average molecular weight is 355 g/mol. The van der Waals surface area contributed by atoms with Gasteiger partial charge in [0.05, 0.1) is 10.6 Å². The van der Waals surface area contributed by atoms with Crippen LogP contribution >= 0.6 is 11.6 Å². The topological polar surface area (TPSA) is 73.4 Å². The zero-order valence-electron chi connectivity index (χ0n) is 13.7. The fourth-order valence-corrected chi connectivity index (χ4v) is 3.44. The second kappa shape index (κ2) is 7.56. The van der Waals surface area contributed by atoms with Crippen molar-refractivity contribution in [2.75, 3.05) is 31.1 Å². The summed E-state index contributed by atoms with van der Waals surface area (Å²) in [6, 6.07) is 16.7. The zero-order valence-corrected chi connectivity index (χ0v) is 14.5. The molecule has 2 aromatic carbocycles. The maximum Gasteiger partial charge on any atom is 0.239 e. The predicted molar refractivity (Wildman–Crippen MR) is 98.3 cm³/mol. The minimum absolute atomic E-state index is 0.332. The number of halogens is 1. The Balaban J connectivity index is 1.71. The van der Waals surface area contributed by atoms with Gasteiger partial charge in [-0.3, -0.25) is 9.69 Å². The first-order chi connectivity index (χ1) is 12.1. The summed E-state index contributed by atoms with van der Waals surface area (Å²) < 4.78 is 0. The van der Waals surface area contributed by atoms with Crippen LogP contribution in [0.5, 0.6) is 0 Å². The van der Waals surface area contributed by atoms with Gasteiger partial charge in [-0.1, -0.05) is 41.9 Å². The normalized spacial score (nSPS) is 16.2. The van der Waals surface area contributed by atoms with Crippen molar-refractivity contribution < 1.29 is 4.79 Å². The summed E-state index contributed by atoms with van der Waals surface area (Å²) in [5, 5.41) is 9.44. The molecule has 2 N–H and O–H groups in total. The number of amides is 1. The molecule has 0 saturated carbocycles. The number of benzene rings is 2. The Bertz CT molecular complexity index is 795. The highest BCUT2D eigenvalue weighted by molar-refractivity contribution is 6.32. The summed E-state index contributed by atoms with van der Waals surface area (Å²) in [6.07, 6.45) is 0. The number of hydrogen-bond acceptors (Lipinski definition) is 4. The van der Waals surface area contributed by atoms with E-state index in [1.807, 2.05) is 42.5 Å². The minimum atomic E-state index is -0.409. The van der Waals surface area contributed by atoms with Gasteiger partial charge in [-0.25, -0.2) is 0 Å². The number of nitriles is 1. The third kappa shape index (κ3) is 3.76. The van der Waals surface area contributed by atoms with Crippen molar-refractivity contribution in [1.82, 2.24) is 4.90 Å². The smallest absolute Gasteiger partial charge is 0.239 e. The van der Waals surface area contributed by atoms with Crippen molar-refractivity contribution in [2.45, 2.75) is 6.04 Å². The van der Waals surface area contributed by atoms with Gasteiger partial charge in [-0.05, 0) is 23.8 Å². The van der Waals surface area contributed by atoms with Crippen LogP contribution in [0.4, 0.5) is 5.69 Å². The van der Waals surface area contributed by atoms with Crippen molar-refractivity contribution in [3.63, 3.8) is 0 Å². The van der Waals surface area contributed by atoms with E-state index >= 15 is 0 Å². The molecule has 1 heterocycles. The van der Waals surface area contributed by atoms with Gasteiger partial charge in [-0.15, -0.1) is 0 Å². The van der Waals surface area contributed by atoms with Gasteiger partial charge in [-0.2, -0.15) is 5.26 Å². The van der Waals surface area contributed by atoms with Gasteiger partial charge >= 0.3 is 0 Å². The second-order valence-corrected chi connectivity index (χ2v) is 6.42. The van der Waals surface area contributed by atoms with Crippen molar-refractivity contribution in [3.05, 3.63) is 64.7 Å². The highest BCUT2D eigenvalue weighted by Gasteiger charge is 2.29. The largest absolute Gasteiger partial charge is 0.369 e. The van der Waals surface area contributed by atoms with E-state index in [1.165, 1.54) is 0 Å². The van der Waals surface area contributed by atoms with E-state index in [0.717, 1.165) is 37.4 Å². The molecule has 0 spiro atoms. The summed E-state index contributed by atoms with van der Waals surface area (Å²) in [6.45, 7) is 2.97. The molecule has 1 aliphatic heterocycles. The van der Waals surface area contributed by atoms with E-state index < -0.39 is 6.04 Å².